The molecule has 35 heavy (non-hydrogen) atoms. The first kappa shape index (κ1) is 25.5. The van der Waals surface area contributed by atoms with Gasteiger partial charge in [0.15, 0.2) is 0 Å². The van der Waals surface area contributed by atoms with E-state index in [0.717, 1.165) is 16.6 Å². The molecule has 0 spiro atoms. The molecular weight excluding hydrogens is 483 g/mol. The molecule has 0 bridgehead atoms. The topological polar surface area (TPSA) is 123 Å². The average Bonchev–Trinajstić information content (AvgIpc) is 3.33. The molecule has 1 unspecified atom stereocenters. The number of rotatable bonds is 8. The first-order valence-electron chi connectivity index (χ1n) is 11.4. The molecule has 12 heteroatoms. The summed E-state index contributed by atoms with van der Waals surface area (Å²) in [6.07, 6.45) is -6.11. The van der Waals surface area contributed by atoms with Gasteiger partial charge in [-0.3, -0.25) is 0 Å². The van der Waals surface area contributed by atoms with Gasteiger partial charge >= 0.3 is 6.18 Å². The quantitative estimate of drug-likeness (QED) is 0.310. The van der Waals surface area contributed by atoms with Gasteiger partial charge in [-0.25, -0.2) is 9.97 Å². The van der Waals surface area contributed by atoms with Crippen LogP contribution in [0.25, 0.3) is 20.8 Å². The predicted octanol–water partition coefficient (Wildman–Crippen LogP) is 3.72. The highest BCUT2D eigenvalue weighted by Gasteiger charge is 2.44. The van der Waals surface area contributed by atoms with Gasteiger partial charge in [0.1, 0.15) is 23.5 Å². The van der Waals surface area contributed by atoms with E-state index in [4.69, 9.17) is 0 Å². The van der Waals surface area contributed by atoms with E-state index in [1.165, 1.54) is 11.3 Å². The fraction of sp³-hybridized carbons (Fsp3) is 0.522. The largest absolute Gasteiger partial charge is 0.405 e. The summed E-state index contributed by atoms with van der Waals surface area (Å²) in [5, 5.41) is 37.5. The number of halogens is 3. The van der Waals surface area contributed by atoms with Crippen LogP contribution in [0.3, 0.4) is 0 Å². The third kappa shape index (κ3) is 5.66. The number of benzene rings is 1. The molecule has 3 aromatic rings. The minimum atomic E-state index is -4.45. The van der Waals surface area contributed by atoms with Gasteiger partial charge < -0.3 is 26.0 Å². The van der Waals surface area contributed by atoms with Gasteiger partial charge in [0.05, 0.1) is 39.7 Å². The number of para-hydroxylation sites is 1. The zero-order valence-corrected chi connectivity index (χ0v) is 20.1. The molecule has 2 heterocycles. The Bertz CT molecular complexity index is 1140. The van der Waals surface area contributed by atoms with Gasteiger partial charge in [-0.2, -0.15) is 18.2 Å². The third-order valence-electron chi connectivity index (χ3n) is 6.17. The van der Waals surface area contributed by atoms with Crippen molar-refractivity contribution in [1.82, 2.24) is 15.0 Å². The summed E-state index contributed by atoms with van der Waals surface area (Å²) in [6, 6.07) is 6.83. The van der Waals surface area contributed by atoms with E-state index >= 15 is 0 Å². The van der Waals surface area contributed by atoms with Crippen molar-refractivity contribution in [3.63, 3.8) is 0 Å². The normalized spacial score (nSPS) is 23.5. The van der Waals surface area contributed by atoms with E-state index in [0.29, 0.717) is 22.7 Å². The molecule has 0 saturated heterocycles. The molecule has 1 aromatic carbocycles. The monoisotopic (exact) mass is 511 g/mol. The fourth-order valence-corrected chi connectivity index (χ4v) is 5.51. The Morgan fingerprint density at radius 1 is 1.14 bits per heavy atom. The van der Waals surface area contributed by atoms with Gasteiger partial charge in [-0.1, -0.05) is 25.5 Å². The molecule has 1 aliphatic carbocycles. The smallest absolute Gasteiger partial charge is 0.393 e. The summed E-state index contributed by atoms with van der Waals surface area (Å²) in [5.74, 6) is -0.565. The highest BCUT2D eigenvalue weighted by Crippen LogP contribution is 2.39. The van der Waals surface area contributed by atoms with Crippen LogP contribution in [0.1, 0.15) is 31.9 Å². The molecule has 1 saturated carbocycles. The van der Waals surface area contributed by atoms with E-state index in [2.05, 4.69) is 25.6 Å². The summed E-state index contributed by atoms with van der Waals surface area (Å²) < 4.78 is 39.3. The van der Waals surface area contributed by atoms with Crippen LogP contribution in [0.15, 0.2) is 24.3 Å². The number of hydrogen-bond donors (Lipinski definition) is 5. The van der Waals surface area contributed by atoms with Crippen LogP contribution >= 0.6 is 11.3 Å². The minimum absolute atomic E-state index is 0.197. The van der Waals surface area contributed by atoms with Gasteiger partial charge in [0.2, 0.25) is 5.95 Å². The summed E-state index contributed by atoms with van der Waals surface area (Å²) in [5.41, 5.74) is 1.67. The molecule has 1 aliphatic rings. The lowest BCUT2D eigenvalue weighted by atomic mass is 9.95. The molecular formula is C23H28F3N5O3S. The number of fused-ring (bicyclic) bond motifs is 1. The molecule has 1 fully saturated rings. The Morgan fingerprint density at radius 2 is 1.89 bits per heavy atom. The average molecular weight is 512 g/mol. The second-order valence-corrected chi connectivity index (χ2v) is 9.83. The van der Waals surface area contributed by atoms with Crippen molar-refractivity contribution in [2.24, 2.45) is 5.92 Å². The Morgan fingerprint density at radius 3 is 2.57 bits per heavy atom. The molecule has 0 amide bonds. The van der Waals surface area contributed by atoms with Crippen LogP contribution in [0.5, 0.6) is 0 Å². The van der Waals surface area contributed by atoms with Crippen molar-refractivity contribution in [1.29, 1.82) is 0 Å². The summed E-state index contributed by atoms with van der Waals surface area (Å²) >= 11 is 1.39. The van der Waals surface area contributed by atoms with Crippen molar-refractivity contribution >= 4 is 33.3 Å². The third-order valence-corrected chi connectivity index (χ3v) is 7.23. The molecule has 4 rings (SSSR count). The van der Waals surface area contributed by atoms with Crippen molar-refractivity contribution in [2.45, 2.75) is 63.6 Å². The lowest BCUT2D eigenvalue weighted by molar-refractivity contribution is -0.115. The van der Waals surface area contributed by atoms with E-state index in [1.807, 2.05) is 31.2 Å². The highest BCUT2D eigenvalue weighted by atomic mass is 32.1. The van der Waals surface area contributed by atoms with Crippen LogP contribution in [-0.4, -0.2) is 67.3 Å². The number of hydrogen-bond acceptors (Lipinski definition) is 9. The number of aryl methyl sites for hydroxylation is 1. The van der Waals surface area contributed by atoms with Gasteiger partial charge in [0.25, 0.3) is 0 Å². The number of aliphatic hydroxyl groups excluding tert-OH is 3. The maximum atomic E-state index is 12.8. The lowest BCUT2D eigenvalue weighted by Crippen LogP contribution is -2.37. The molecule has 5 N–H and O–H groups in total. The molecule has 0 aliphatic heterocycles. The Hall–Kier alpha value is -2.54. The van der Waals surface area contributed by atoms with Gasteiger partial charge in [-0.15, -0.1) is 11.3 Å². The summed E-state index contributed by atoms with van der Waals surface area (Å²) in [6.45, 7) is 2.27. The van der Waals surface area contributed by atoms with Crippen LogP contribution in [0.2, 0.25) is 0 Å². The van der Waals surface area contributed by atoms with E-state index in [1.54, 1.807) is 6.92 Å². The molecule has 8 nitrogen and oxygen atoms in total. The zero-order chi connectivity index (χ0) is 25.3. The maximum Gasteiger partial charge on any atom is 0.405 e. The van der Waals surface area contributed by atoms with Crippen molar-refractivity contribution < 1.29 is 28.5 Å². The van der Waals surface area contributed by atoms with E-state index < -0.39 is 43.0 Å². The minimum Gasteiger partial charge on any atom is -0.393 e. The first-order valence-corrected chi connectivity index (χ1v) is 12.2. The van der Waals surface area contributed by atoms with Crippen LogP contribution in [-0.2, 0) is 0 Å². The molecule has 5 atom stereocenters. The number of nitrogens with one attached hydrogen (secondary N) is 2. The standard InChI is InChI=1S/C23H28F3N5O3S/c1-3-6-15(32)12-9-14(19(34)18(12)33)29-20-17(21-30-13-7-4-5-8-16(13)35-21)11(2)28-22(31-20)27-10-23(24,25)26/h4-5,7-8,12,14-15,18-19,32-34H,3,6,9-10H2,1-2H3,(H2,27,28,29,31)/t12-,14-,15?,18-,19+/m1/s1. The van der Waals surface area contributed by atoms with E-state index in [9.17, 15) is 28.5 Å². The van der Waals surface area contributed by atoms with Gasteiger partial charge in [0, 0.05) is 5.92 Å². The molecule has 190 valence electrons. The molecule has 2 aromatic heterocycles. The molecule has 0 radical (unpaired) electrons. The zero-order valence-electron chi connectivity index (χ0n) is 19.3. The lowest BCUT2D eigenvalue weighted by Gasteiger charge is -2.21. The first-order chi connectivity index (χ1) is 16.6. The second kappa shape index (κ2) is 10.2. The predicted molar refractivity (Wildman–Crippen MR) is 128 cm³/mol. The van der Waals surface area contributed by atoms with Crippen molar-refractivity contribution in [3.8, 4) is 10.6 Å². The summed E-state index contributed by atoms with van der Waals surface area (Å²) in [7, 11) is 0. The number of aromatic nitrogens is 3. The van der Waals surface area contributed by atoms with E-state index in [-0.39, 0.29) is 18.2 Å². The maximum absolute atomic E-state index is 12.8. The summed E-state index contributed by atoms with van der Waals surface area (Å²) in [4.78, 5) is 13.1. The van der Waals surface area contributed by atoms with Crippen LogP contribution < -0.4 is 10.6 Å². The highest BCUT2D eigenvalue weighted by molar-refractivity contribution is 7.21. The van der Waals surface area contributed by atoms with Crippen LogP contribution in [0.4, 0.5) is 24.9 Å². The SMILES string of the molecule is CCCC(O)[C@H]1C[C@@H](Nc2nc(NCC(F)(F)F)nc(C)c2-c2nc3ccccc3s2)[C@H](O)[C@@H]1O. The Balaban J connectivity index is 1.70. The van der Waals surface area contributed by atoms with Crippen molar-refractivity contribution in [2.75, 3.05) is 17.2 Å². The number of anilines is 2. The fourth-order valence-electron chi connectivity index (χ4n) is 4.45. The second-order valence-electron chi connectivity index (χ2n) is 8.80. The van der Waals surface area contributed by atoms with Gasteiger partial charge in [-0.05, 0) is 31.9 Å². The van der Waals surface area contributed by atoms with Crippen LogP contribution in [0, 0.1) is 12.8 Å². The number of aliphatic hydroxyl groups is 3. The Kier molecular flexibility index (Phi) is 7.46. The Labute approximate surface area is 204 Å². The van der Waals surface area contributed by atoms with Crippen molar-refractivity contribution in [3.05, 3.63) is 30.0 Å². The number of nitrogens with zero attached hydrogens (tertiary/aromatic N) is 3. The number of thiazole rings is 1. The number of alkyl halides is 3.